The average Bonchev–Trinajstić information content (AvgIpc) is 2.46. The topological polar surface area (TPSA) is 105 Å². The van der Waals surface area contributed by atoms with Crippen LogP contribution in [0.15, 0.2) is 23.4 Å². The van der Waals surface area contributed by atoms with E-state index in [0.29, 0.717) is 24.9 Å². The molecule has 7 heteroatoms. The maximum atomic E-state index is 11.4. The van der Waals surface area contributed by atoms with Crippen LogP contribution in [-0.4, -0.2) is 37.0 Å². The van der Waals surface area contributed by atoms with Gasteiger partial charge in [0, 0.05) is 18.2 Å². The van der Waals surface area contributed by atoms with Crippen molar-refractivity contribution in [3.63, 3.8) is 0 Å². The Morgan fingerprint density at radius 2 is 2.10 bits per heavy atom. The number of sulfone groups is 1. The quantitative estimate of drug-likeness (QED) is 0.329. The first-order valence-corrected chi connectivity index (χ1v) is 8.74. The molecule has 6 nitrogen and oxygen atoms in total. The number of amidine groups is 1. The molecule has 1 saturated heterocycles. The molecule has 0 radical (unpaired) electrons. The molecule has 21 heavy (non-hydrogen) atoms. The van der Waals surface area contributed by atoms with Crippen molar-refractivity contribution in [1.29, 1.82) is 0 Å². The second-order valence-corrected chi connectivity index (χ2v) is 7.74. The van der Waals surface area contributed by atoms with E-state index in [1.807, 2.05) is 25.1 Å². The third-order valence-corrected chi connectivity index (χ3v) is 5.60. The molecule has 0 bridgehead atoms. The van der Waals surface area contributed by atoms with Gasteiger partial charge in [0.05, 0.1) is 11.5 Å². The highest BCUT2D eigenvalue weighted by atomic mass is 32.2. The summed E-state index contributed by atoms with van der Waals surface area (Å²) in [6.07, 6.45) is 1.34. The Bertz CT molecular complexity index is 627. The van der Waals surface area contributed by atoms with Gasteiger partial charge in [-0.2, -0.15) is 0 Å². The van der Waals surface area contributed by atoms with Crippen molar-refractivity contribution in [2.24, 2.45) is 10.9 Å². The van der Waals surface area contributed by atoms with Crippen LogP contribution in [-0.2, 0) is 16.4 Å². The van der Waals surface area contributed by atoms with Crippen LogP contribution in [0.5, 0.6) is 0 Å². The zero-order valence-corrected chi connectivity index (χ0v) is 12.9. The van der Waals surface area contributed by atoms with Gasteiger partial charge in [0.2, 0.25) is 0 Å². The third kappa shape index (κ3) is 4.18. The fourth-order valence-corrected chi connectivity index (χ4v) is 3.95. The Hall–Kier alpha value is -1.60. The summed E-state index contributed by atoms with van der Waals surface area (Å²) < 4.78 is 22.8. The van der Waals surface area contributed by atoms with E-state index in [1.54, 1.807) is 0 Å². The van der Waals surface area contributed by atoms with Crippen molar-refractivity contribution < 1.29 is 13.6 Å². The highest BCUT2D eigenvalue weighted by molar-refractivity contribution is 7.91. The monoisotopic (exact) mass is 311 g/mol. The number of hydrogen-bond acceptors (Lipinski definition) is 5. The molecule has 0 atom stereocenters. The number of nitrogens with one attached hydrogen (secondary N) is 1. The number of benzene rings is 1. The van der Waals surface area contributed by atoms with E-state index >= 15 is 0 Å². The molecular weight excluding hydrogens is 290 g/mol. The third-order valence-electron chi connectivity index (χ3n) is 3.88. The second kappa shape index (κ2) is 6.44. The lowest BCUT2D eigenvalue weighted by atomic mass is 10.0. The van der Waals surface area contributed by atoms with Gasteiger partial charge in [-0.25, -0.2) is 8.42 Å². The zero-order chi connectivity index (χ0) is 15.5. The average molecular weight is 311 g/mol. The van der Waals surface area contributed by atoms with Crippen molar-refractivity contribution in [3.05, 3.63) is 34.9 Å². The van der Waals surface area contributed by atoms with E-state index < -0.39 is 9.84 Å². The summed E-state index contributed by atoms with van der Waals surface area (Å²) in [5.74, 6) is 0.633. The molecule has 1 aliphatic heterocycles. The van der Waals surface area contributed by atoms with Gasteiger partial charge in [0.25, 0.3) is 0 Å². The molecule has 116 valence electrons. The van der Waals surface area contributed by atoms with Crippen LogP contribution in [0.2, 0.25) is 0 Å². The summed E-state index contributed by atoms with van der Waals surface area (Å²) in [4.78, 5) is 0. The molecule has 1 aromatic carbocycles. The number of hydrogen-bond donors (Lipinski definition) is 3. The van der Waals surface area contributed by atoms with Crippen LogP contribution < -0.4 is 11.1 Å². The molecule has 0 unspecified atom stereocenters. The van der Waals surface area contributed by atoms with Gasteiger partial charge in [-0.05, 0) is 37.0 Å². The van der Waals surface area contributed by atoms with E-state index in [0.717, 1.165) is 11.1 Å². The summed E-state index contributed by atoms with van der Waals surface area (Å²) in [6, 6.07) is 5.87. The molecule has 0 spiro atoms. The van der Waals surface area contributed by atoms with Crippen LogP contribution in [0.4, 0.5) is 0 Å². The van der Waals surface area contributed by atoms with Gasteiger partial charge in [-0.3, -0.25) is 0 Å². The first-order chi connectivity index (χ1) is 9.91. The lowest BCUT2D eigenvalue weighted by molar-refractivity contribution is 0.318. The number of oxime groups is 1. The minimum Gasteiger partial charge on any atom is -0.409 e. The summed E-state index contributed by atoms with van der Waals surface area (Å²) >= 11 is 0. The van der Waals surface area contributed by atoms with E-state index in [2.05, 4.69) is 10.5 Å². The predicted octanol–water partition coefficient (Wildman–Crippen LogP) is 0.756. The maximum Gasteiger partial charge on any atom is 0.170 e. The summed E-state index contributed by atoms with van der Waals surface area (Å²) in [6.45, 7) is 2.66. The zero-order valence-electron chi connectivity index (χ0n) is 12.0. The smallest absolute Gasteiger partial charge is 0.170 e. The lowest BCUT2D eigenvalue weighted by Gasteiger charge is -2.23. The van der Waals surface area contributed by atoms with Crippen LogP contribution in [0.25, 0.3) is 0 Å². The fourth-order valence-electron chi connectivity index (χ4n) is 2.46. The molecule has 4 N–H and O–H groups in total. The number of aryl methyl sites for hydroxylation is 1. The first-order valence-electron chi connectivity index (χ1n) is 6.92. The van der Waals surface area contributed by atoms with Crippen LogP contribution in [0.1, 0.15) is 29.5 Å². The van der Waals surface area contributed by atoms with Gasteiger partial charge in [0.15, 0.2) is 5.84 Å². The molecule has 0 aromatic heterocycles. The van der Waals surface area contributed by atoms with E-state index in [4.69, 9.17) is 10.9 Å². The van der Waals surface area contributed by atoms with Gasteiger partial charge in [0.1, 0.15) is 9.84 Å². The molecule has 1 aromatic rings. The Kier molecular flexibility index (Phi) is 4.84. The standard InChI is InChI=1S/C14H21N3O3S/c1-10-8-11(14(15)17-18)2-3-12(10)9-16-13-4-6-21(19,20)7-5-13/h2-3,8,13,16,18H,4-7,9H2,1H3,(H2,15,17). The molecule has 1 fully saturated rings. The number of nitrogens with zero attached hydrogens (tertiary/aromatic N) is 1. The molecule has 1 aliphatic rings. The van der Waals surface area contributed by atoms with E-state index in [-0.39, 0.29) is 23.4 Å². The maximum absolute atomic E-state index is 11.4. The van der Waals surface area contributed by atoms with Crippen molar-refractivity contribution in [1.82, 2.24) is 5.32 Å². The number of nitrogens with two attached hydrogens (primary N) is 1. The number of rotatable bonds is 4. The van der Waals surface area contributed by atoms with Crippen LogP contribution in [0, 0.1) is 6.92 Å². The van der Waals surface area contributed by atoms with Gasteiger partial charge < -0.3 is 16.3 Å². The highest BCUT2D eigenvalue weighted by Crippen LogP contribution is 2.15. The molecule has 0 saturated carbocycles. The Balaban J connectivity index is 1.95. The lowest BCUT2D eigenvalue weighted by Crippen LogP contribution is -2.37. The molecule has 2 rings (SSSR count). The minimum atomic E-state index is -2.82. The van der Waals surface area contributed by atoms with Crippen LogP contribution >= 0.6 is 0 Å². The molecule has 0 amide bonds. The Morgan fingerprint density at radius 1 is 1.43 bits per heavy atom. The Labute approximate surface area is 125 Å². The van der Waals surface area contributed by atoms with E-state index in [1.165, 1.54) is 0 Å². The molecule has 0 aliphatic carbocycles. The minimum absolute atomic E-state index is 0.0927. The second-order valence-electron chi connectivity index (χ2n) is 5.43. The van der Waals surface area contributed by atoms with Crippen molar-refractivity contribution in [2.75, 3.05) is 11.5 Å². The van der Waals surface area contributed by atoms with Gasteiger partial charge in [-0.15, -0.1) is 0 Å². The largest absolute Gasteiger partial charge is 0.409 e. The highest BCUT2D eigenvalue weighted by Gasteiger charge is 2.23. The summed E-state index contributed by atoms with van der Waals surface area (Å²) in [5.41, 5.74) is 8.41. The van der Waals surface area contributed by atoms with Gasteiger partial charge >= 0.3 is 0 Å². The van der Waals surface area contributed by atoms with Crippen LogP contribution in [0.3, 0.4) is 0 Å². The predicted molar refractivity (Wildman–Crippen MR) is 82.2 cm³/mol. The van der Waals surface area contributed by atoms with Crippen molar-refractivity contribution in [2.45, 2.75) is 32.4 Å². The molecular formula is C14H21N3O3S. The fraction of sp³-hybridized carbons (Fsp3) is 0.500. The molecule has 1 heterocycles. The van der Waals surface area contributed by atoms with Gasteiger partial charge in [-0.1, -0.05) is 17.3 Å². The van der Waals surface area contributed by atoms with Crippen molar-refractivity contribution in [3.8, 4) is 0 Å². The summed E-state index contributed by atoms with van der Waals surface area (Å²) in [7, 11) is -2.82. The normalized spacial score (nSPS) is 19.6. The van der Waals surface area contributed by atoms with Crippen molar-refractivity contribution >= 4 is 15.7 Å². The SMILES string of the molecule is Cc1cc(/C(N)=N/O)ccc1CNC1CCS(=O)(=O)CC1. The summed E-state index contributed by atoms with van der Waals surface area (Å²) in [5, 5.41) is 15.1. The van der Waals surface area contributed by atoms with E-state index in [9.17, 15) is 8.42 Å². The Morgan fingerprint density at radius 3 is 2.67 bits per heavy atom. The first kappa shape index (κ1) is 15.8.